The van der Waals surface area contributed by atoms with Crippen LogP contribution in [0.4, 0.5) is 10.2 Å². The molecular weight excluding hydrogens is 535 g/mol. The summed E-state index contributed by atoms with van der Waals surface area (Å²) in [5.41, 5.74) is 7.43. The van der Waals surface area contributed by atoms with Crippen LogP contribution in [-0.2, 0) is 6.54 Å². The summed E-state index contributed by atoms with van der Waals surface area (Å²) in [5, 5.41) is 14.4. The Morgan fingerprint density at radius 1 is 1.09 bits per heavy atom. The first-order chi connectivity index (χ1) is 21.1. The molecule has 0 amide bonds. The van der Waals surface area contributed by atoms with Crippen molar-refractivity contribution < 1.29 is 4.39 Å². The Hall–Kier alpha value is -4.28. The Balaban J connectivity index is 1.21. The Morgan fingerprint density at radius 3 is 2.70 bits per heavy atom. The van der Waals surface area contributed by atoms with Gasteiger partial charge in [0.25, 0.3) is 0 Å². The minimum Gasteiger partial charge on any atom is -0.354 e. The van der Waals surface area contributed by atoms with Crippen LogP contribution < -0.4 is 4.90 Å². The van der Waals surface area contributed by atoms with Crippen molar-refractivity contribution in [2.24, 2.45) is 5.92 Å². The Bertz CT molecular complexity index is 1670. The molecule has 0 saturated carbocycles. The number of hydrogen-bond acceptors (Lipinski definition) is 5. The number of halogens is 1. The molecule has 1 unspecified atom stereocenters. The number of allylic oxidation sites excluding steroid dienone is 2. The smallest absolute Gasteiger partial charge is 0.128 e. The van der Waals surface area contributed by atoms with E-state index in [2.05, 4.69) is 64.9 Å². The maximum atomic E-state index is 14.5. The van der Waals surface area contributed by atoms with Crippen LogP contribution in [0.25, 0.3) is 28.3 Å². The standard InChI is InChI=1S/C36H39FN6/c1-3-7-26-8-5-10-28(13-12-26)30-20-32(36-31(21-38)23-40-43(36)24-30)29-14-15-35(39-22-29)42-18-16-41(17-19-42)25-33-27(4-2)9-6-11-34(33)37/h4,6,9-11,14-15,20,22-24,26H,2-3,5,7-8,12-13,16-19,25H2,1H3. The monoisotopic (exact) mass is 574 g/mol. The molecule has 4 heterocycles. The van der Waals surface area contributed by atoms with Gasteiger partial charge in [-0.25, -0.2) is 13.9 Å². The number of rotatable bonds is 8. The van der Waals surface area contributed by atoms with Crippen molar-refractivity contribution >= 4 is 23.0 Å². The van der Waals surface area contributed by atoms with Crippen LogP contribution >= 0.6 is 0 Å². The first kappa shape index (κ1) is 28.8. The lowest BCUT2D eigenvalue weighted by molar-refractivity contribution is 0.246. The first-order valence-electron chi connectivity index (χ1n) is 15.5. The second-order valence-corrected chi connectivity index (χ2v) is 11.8. The predicted molar refractivity (Wildman–Crippen MR) is 172 cm³/mol. The van der Waals surface area contributed by atoms with Gasteiger partial charge < -0.3 is 4.90 Å². The third kappa shape index (κ3) is 6.11. The van der Waals surface area contributed by atoms with Crippen LogP contribution in [0.2, 0.25) is 0 Å². The van der Waals surface area contributed by atoms with E-state index >= 15 is 0 Å². The molecule has 2 aliphatic rings. The van der Waals surface area contributed by atoms with Gasteiger partial charge in [-0.2, -0.15) is 10.4 Å². The molecule has 0 bridgehead atoms. The number of benzene rings is 1. The second-order valence-electron chi connectivity index (χ2n) is 11.8. The maximum Gasteiger partial charge on any atom is 0.128 e. The molecule has 1 aromatic carbocycles. The number of pyridine rings is 2. The van der Waals surface area contributed by atoms with Crippen LogP contribution in [0.5, 0.6) is 0 Å². The van der Waals surface area contributed by atoms with E-state index in [4.69, 9.17) is 4.98 Å². The van der Waals surface area contributed by atoms with Crippen molar-refractivity contribution in [3.8, 4) is 17.2 Å². The molecule has 0 N–H and O–H groups in total. The summed E-state index contributed by atoms with van der Waals surface area (Å²) in [6.07, 6.45) is 17.0. The third-order valence-corrected chi connectivity index (χ3v) is 9.10. The fraction of sp³-hybridized carbons (Fsp3) is 0.361. The zero-order valence-electron chi connectivity index (χ0n) is 25.0. The van der Waals surface area contributed by atoms with Crippen molar-refractivity contribution in [1.29, 1.82) is 5.26 Å². The molecule has 1 aliphatic carbocycles. The van der Waals surface area contributed by atoms with Crippen molar-refractivity contribution in [3.63, 3.8) is 0 Å². The van der Waals surface area contributed by atoms with Crippen molar-refractivity contribution in [3.05, 3.63) is 95.7 Å². The van der Waals surface area contributed by atoms with Crippen LogP contribution in [0.15, 0.2) is 67.6 Å². The molecule has 0 spiro atoms. The van der Waals surface area contributed by atoms with E-state index in [1.54, 1.807) is 18.3 Å². The summed E-state index contributed by atoms with van der Waals surface area (Å²) in [4.78, 5) is 9.44. The molecule has 4 aromatic rings. The summed E-state index contributed by atoms with van der Waals surface area (Å²) in [5.74, 6) is 1.54. The van der Waals surface area contributed by atoms with E-state index in [0.29, 0.717) is 17.7 Å². The van der Waals surface area contributed by atoms with Crippen LogP contribution in [0.1, 0.15) is 67.7 Å². The van der Waals surface area contributed by atoms with Gasteiger partial charge in [0.05, 0.1) is 17.3 Å². The Labute approximate surface area is 253 Å². The van der Waals surface area contributed by atoms with Gasteiger partial charge in [0.2, 0.25) is 0 Å². The highest BCUT2D eigenvalue weighted by Gasteiger charge is 2.21. The van der Waals surface area contributed by atoms with E-state index in [1.807, 2.05) is 16.8 Å². The van der Waals surface area contributed by atoms with Gasteiger partial charge in [0.15, 0.2) is 0 Å². The molecule has 43 heavy (non-hydrogen) atoms. The highest BCUT2D eigenvalue weighted by Crippen LogP contribution is 2.35. The van der Waals surface area contributed by atoms with Crippen molar-refractivity contribution in [2.45, 2.75) is 52.0 Å². The molecule has 1 fully saturated rings. The van der Waals surface area contributed by atoms with Gasteiger partial charge in [-0.3, -0.25) is 4.90 Å². The van der Waals surface area contributed by atoms with E-state index in [0.717, 1.165) is 73.0 Å². The second kappa shape index (κ2) is 12.9. The molecule has 1 saturated heterocycles. The lowest BCUT2D eigenvalue weighted by atomic mass is 9.93. The summed E-state index contributed by atoms with van der Waals surface area (Å²) in [6, 6.07) is 13.9. The minimum absolute atomic E-state index is 0.177. The van der Waals surface area contributed by atoms with Crippen LogP contribution in [-0.4, -0.2) is 45.7 Å². The zero-order chi connectivity index (χ0) is 29.8. The van der Waals surface area contributed by atoms with Gasteiger partial charge in [-0.1, -0.05) is 50.6 Å². The number of nitrogens with zero attached hydrogens (tertiary/aromatic N) is 6. The number of hydrogen-bond donors (Lipinski definition) is 0. The molecule has 6 rings (SSSR count). The predicted octanol–water partition coefficient (Wildman–Crippen LogP) is 7.75. The Morgan fingerprint density at radius 2 is 1.95 bits per heavy atom. The van der Waals surface area contributed by atoms with Crippen molar-refractivity contribution in [1.82, 2.24) is 19.5 Å². The van der Waals surface area contributed by atoms with Crippen LogP contribution in [0, 0.1) is 23.1 Å². The van der Waals surface area contributed by atoms with Gasteiger partial charge in [-0.15, -0.1) is 0 Å². The summed E-state index contributed by atoms with van der Waals surface area (Å²) in [7, 11) is 0. The molecule has 6 nitrogen and oxygen atoms in total. The lowest BCUT2D eigenvalue weighted by Crippen LogP contribution is -2.46. The number of fused-ring (bicyclic) bond motifs is 1. The minimum atomic E-state index is -0.177. The zero-order valence-corrected chi connectivity index (χ0v) is 25.0. The lowest BCUT2D eigenvalue weighted by Gasteiger charge is -2.35. The molecule has 1 atom stereocenters. The highest BCUT2D eigenvalue weighted by atomic mass is 19.1. The molecule has 7 heteroatoms. The molecular formula is C36H39FN6. The average molecular weight is 575 g/mol. The number of anilines is 1. The Kier molecular flexibility index (Phi) is 8.67. The molecule has 3 aromatic heterocycles. The number of aromatic nitrogens is 3. The molecule has 220 valence electrons. The topological polar surface area (TPSA) is 60.5 Å². The van der Waals surface area contributed by atoms with E-state index in [9.17, 15) is 9.65 Å². The van der Waals surface area contributed by atoms with Gasteiger partial charge in [0, 0.05) is 61.8 Å². The number of piperazine rings is 1. The van der Waals surface area contributed by atoms with Gasteiger partial charge in [-0.05, 0) is 72.6 Å². The normalized spacial score (nSPS) is 17.8. The third-order valence-electron chi connectivity index (χ3n) is 9.10. The largest absolute Gasteiger partial charge is 0.354 e. The number of nitriles is 1. The van der Waals surface area contributed by atoms with E-state index in [-0.39, 0.29) is 5.82 Å². The van der Waals surface area contributed by atoms with E-state index in [1.165, 1.54) is 42.9 Å². The van der Waals surface area contributed by atoms with Gasteiger partial charge in [0.1, 0.15) is 17.7 Å². The first-order valence-corrected chi connectivity index (χ1v) is 15.5. The highest BCUT2D eigenvalue weighted by molar-refractivity contribution is 5.87. The summed E-state index contributed by atoms with van der Waals surface area (Å²) >= 11 is 0. The maximum absolute atomic E-state index is 14.5. The SMILES string of the molecule is C=Cc1cccc(F)c1CN1CCN(c2ccc(-c3cc(C4=CCCC(CCC)CC4)cn4ncc(C#N)c34)cn2)CC1. The quantitative estimate of drug-likeness (QED) is 0.215. The molecule has 1 aliphatic heterocycles. The fourth-order valence-corrected chi connectivity index (χ4v) is 6.68. The summed E-state index contributed by atoms with van der Waals surface area (Å²) in [6.45, 7) is 9.98. The fourth-order valence-electron chi connectivity index (χ4n) is 6.68. The van der Waals surface area contributed by atoms with Gasteiger partial charge >= 0.3 is 0 Å². The van der Waals surface area contributed by atoms with E-state index < -0.39 is 0 Å². The molecule has 0 radical (unpaired) electrons. The van der Waals surface area contributed by atoms with Crippen LogP contribution in [0.3, 0.4) is 0 Å². The van der Waals surface area contributed by atoms with Crippen molar-refractivity contribution in [2.75, 3.05) is 31.1 Å². The average Bonchev–Trinajstić information content (AvgIpc) is 3.32. The summed E-state index contributed by atoms with van der Waals surface area (Å²) < 4.78 is 16.4.